The first-order chi connectivity index (χ1) is 6.63. The number of Topliss-reactive ketones (excluding diaryl/α,β-unsaturated/α-hetero) is 1. The number of ketones is 1. The van der Waals surface area contributed by atoms with Gasteiger partial charge in [-0.25, -0.2) is 4.39 Å². The Morgan fingerprint density at radius 3 is 2.86 bits per heavy atom. The minimum absolute atomic E-state index is 0.0762. The third-order valence-corrected chi connectivity index (χ3v) is 1.92. The number of carbonyl (C=O) groups excluding carboxylic acids is 1. The fraction of sp³-hybridized carbons (Fsp3) is 0.364. The maximum absolute atomic E-state index is 13.4. The zero-order valence-electron chi connectivity index (χ0n) is 8.29. The van der Waals surface area contributed by atoms with Gasteiger partial charge >= 0.3 is 0 Å². The summed E-state index contributed by atoms with van der Waals surface area (Å²) in [4.78, 5) is 10.7. The lowest BCUT2D eigenvalue weighted by Gasteiger charge is -2.07. The lowest BCUT2D eigenvalue weighted by Crippen LogP contribution is -1.99. The highest BCUT2D eigenvalue weighted by Crippen LogP contribution is 2.24. The maximum atomic E-state index is 13.4. The van der Waals surface area contributed by atoms with E-state index in [4.69, 9.17) is 4.74 Å². The highest BCUT2D eigenvalue weighted by atomic mass is 19.1. The second-order valence-electron chi connectivity index (χ2n) is 3.15. The van der Waals surface area contributed by atoms with E-state index in [1.165, 1.54) is 14.0 Å². The Kier molecular flexibility index (Phi) is 3.63. The molecule has 1 unspecified atom stereocenters. The van der Waals surface area contributed by atoms with Gasteiger partial charge in [-0.1, -0.05) is 12.1 Å². The predicted octanol–water partition coefficient (Wildman–Crippen LogP) is 2.68. The van der Waals surface area contributed by atoms with Gasteiger partial charge in [-0.05, 0) is 24.6 Å². The van der Waals surface area contributed by atoms with Crippen LogP contribution in [-0.2, 0) is 4.79 Å². The largest absolute Gasteiger partial charge is 0.497 e. The van der Waals surface area contributed by atoms with E-state index in [0.29, 0.717) is 11.3 Å². The summed E-state index contributed by atoms with van der Waals surface area (Å²) in [6.07, 6.45) is -1.31. The van der Waals surface area contributed by atoms with E-state index >= 15 is 0 Å². The van der Waals surface area contributed by atoms with E-state index < -0.39 is 6.17 Å². The SMILES string of the molecule is COc1cccc(C(F)CC(C)=O)c1. The molecule has 1 aromatic carbocycles. The summed E-state index contributed by atoms with van der Waals surface area (Å²) in [5.41, 5.74) is 0.486. The van der Waals surface area contributed by atoms with Crippen LogP contribution in [0.4, 0.5) is 4.39 Å². The van der Waals surface area contributed by atoms with Crippen molar-refractivity contribution < 1.29 is 13.9 Å². The molecule has 0 saturated heterocycles. The van der Waals surface area contributed by atoms with E-state index in [1.807, 2.05) is 0 Å². The number of hydrogen-bond acceptors (Lipinski definition) is 2. The second kappa shape index (κ2) is 4.74. The quantitative estimate of drug-likeness (QED) is 0.740. The molecule has 0 amide bonds. The predicted molar refractivity (Wildman–Crippen MR) is 52.1 cm³/mol. The van der Waals surface area contributed by atoms with Crippen LogP contribution in [0.25, 0.3) is 0 Å². The standard InChI is InChI=1S/C11H13FO2/c1-8(13)6-11(12)9-4-3-5-10(7-9)14-2/h3-5,7,11H,6H2,1-2H3. The van der Waals surface area contributed by atoms with Crippen LogP contribution < -0.4 is 4.74 Å². The number of ether oxygens (including phenoxy) is 1. The molecule has 0 fully saturated rings. The van der Waals surface area contributed by atoms with Crippen molar-refractivity contribution in [3.63, 3.8) is 0 Å². The minimum atomic E-state index is -1.23. The van der Waals surface area contributed by atoms with Gasteiger partial charge in [0, 0.05) is 6.42 Å². The molecule has 14 heavy (non-hydrogen) atoms. The van der Waals surface area contributed by atoms with E-state index in [0.717, 1.165) is 0 Å². The summed E-state index contributed by atoms with van der Waals surface area (Å²) in [6.45, 7) is 1.38. The molecular weight excluding hydrogens is 183 g/mol. The highest BCUT2D eigenvalue weighted by molar-refractivity contribution is 5.76. The molecule has 0 aliphatic carbocycles. The van der Waals surface area contributed by atoms with Crippen molar-refractivity contribution in [3.8, 4) is 5.75 Å². The molecule has 2 nitrogen and oxygen atoms in total. The topological polar surface area (TPSA) is 26.3 Å². The van der Waals surface area contributed by atoms with E-state index in [1.54, 1.807) is 24.3 Å². The first-order valence-electron chi connectivity index (χ1n) is 4.41. The van der Waals surface area contributed by atoms with Crippen molar-refractivity contribution >= 4 is 5.78 Å². The van der Waals surface area contributed by atoms with Crippen LogP contribution >= 0.6 is 0 Å². The van der Waals surface area contributed by atoms with Crippen molar-refractivity contribution in [3.05, 3.63) is 29.8 Å². The molecule has 0 radical (unpaired) electrons. The van der Waals surface area contributed by atoms with Crippen molar-refractivity contribution in [2.45, 2.75) is 19.5 Å². The summed E-state index contributed by atoms with van der Waals surface area (Å²) in [5, 5.41) is 0. The summed E-state index contributed by atoms with van der Waals surface area (Å²) >= 11 is 0. The number of rotatable bonds is 4. The summed E-state index contributed by atoms with van der Waals surface area (Å²) in [5.74, 6) is 0.453. The molecule has 1 atom stereocenters. The van der Waals surface area contributed by atoms with Crippen LogP contribution in [0, 0.1) is 0 Å². The second-order valence-corrected chi connectivity index (χ2v) is 3.15. The number of benzene rings is 1. The van der Waals surface area contributed by atoms with Gasteiger partial charge in [0.25, 0.3) is 0 Å². The Balaban J connectivity index is 2.78. The van der Waals surface area contributed by atoms with Gasteiger partial charge in [0.15, 0.2) is 0 Å². The maximum Gasteiger partial charge on any atom is 0.133 e. The smallest absolute Gasteiger partial charge is 0.133 e. The van der Waals surface area contributed by atoms with Gasteiger partial charge in [0.1, 0.15) is 17.7 Å². The van der Waals surface area contributed by atoms with Crippen molar-refractivity contribution in [2.75, 3.05) is 7.11 Å². The number of halogens is 1. The van der Waals surface area contributed by atoms with Crippen LogP contribution in [0.5, 0.6) is 5.75 Å². The molecule has 0 aromatic heterocycles. The average molecular weight is 196 g/mol. The van der Waals surface area contributed by atoms with Gasteiger partial charge in [-0.3, -0.25) is 4.79 Å². The van der Waals surface area contributed by atoms with Gasteiger partial charge in [0.05, 0.1) is 7.11 Å². The Hall–Kier alpha value is -1.38. The summed E-state index contributed by atoms with van der Waals surface area (Å²) in [7, 11) is 1.53. The lowest BCUT2D eigenvalue weighted by atomic mass is 10.1. The van der Waals surface area contributed by atoms with Gasteiger partial charge < -0.3 is 4.74 Å². The molecule has 0 aliphatic heterocycles. The minimum Gasteiger partial charge on any atom is -0.497 e. The number of alkyl halides is 1. The summed E-state index contributed by atoms with van der Waals surface area (Å²) in [6, 6.07) is 6.70. The third kappa shape index (κ3) is 2.83. The zero-order valence-corrected chi connectivity index (χ0v) is 8.29. The molecule has 0 N–H and O–H groups in total. The average Bonchev–Trinajstić information content (AvgIpc) is 2.17. The highest BCUT2D eigenvalue weighted by Gasteiger charge is 2.12. The van der Waals surface area contributed by atoms with E-state index in [-0.39, 0.29) is 12.2 Å². The Labute approximate surface area is 82.7 Å². The number of hydrogen-bond donors (Lipinski definition) is 0. The van der Waals surface area contributed by atoms with Gasteiger partial charge in [-0.2, -0.15) is 0 Å². The molecular formula is C11H13FO2. The Morgan fingerprint density at radius 1 is 1.57 bits per heavy atom. The van der Waals surface area contributed by atoms with Crippen LogP contribution in [-0.4, -0.2) is 12.9 Å². The molecule has 0 heterocycles. The molecule has 76 valence electrons. The van der Waals surface area contributed by atoms with Crippen molar-refractivity contribution in [1.29, 1.82) is 0 Å². The molecule has 0 saturated carbocycles. The molecule has 0 spiro atoms. The van der Waals surface area contributed by atoms with Crippen LogP contribution in [0.3, 0.4) is 0 Å². The van der Waals surface area contributed by atoms with E-state index in [9.17, 15) is 9.18 Å². The monoisotopic (exact) mass is 196 g/mol. The zero-order chi connectivity index (χ0) is 10.6. The van der Waals surface area contributed by atoms with Gasteiger partial charge in [-0.15, -0.1) is 0 Å². The van der Waals surface area contributed by atoms with Crippen LogP contribution in [0.2, 0.25) is 0 Å². The normalized spacial score (nSPS) is 12.2. The fourth-order valence-corrected chi connectivity index (χ4v) is 1.21. The molecule has 0 bridgehead atoms. The number of methoxy groups -OCH3 is 1. The summed E-state index contributed by atoms with van der Waals surface area (Å²) < 4.78 is 18.4. The van der Waals surface area contributed by atoms with Crippen molar-refractivity contribution in [2.24, 2.45) is 0 Å². The Bertz CT molecular complexity index is 323. The van der Waals surface area contributed by atoms with Crippen LogP contribution in [0.1, 0.15) is 25.1 Å². The number of carbonyl (C=O) groups is 1. The molecule has 1 rings (SSSR count). The molecule has 0 aliphatic rings. The molecule has 1 aromatic rings. The van der Waals surface area contributed by atoms with Crippen molar-refractivity contribution in [1.82, 2.24) is 0 Å². The van der Waals surface area contributed by atoms with E-state index in [2.05, 4.69) is 0 Å². The van der Waals surface area contributed by atoms with Crippen LogP contribution in [0.15, 0.2) is 24.3 Å². The van der Waals surface area contributed by atoms with Gasteiger partial charge in [0.2, 0.25) is 0 Å². The Morgan fingerprint density at radius 2 is 2.29 bits per heavy atom. The fourth-order valence-electron chi connectivity index (χ4n) is 1.21. The third-order valence-electron chi connectivity index (χ3n) is 1.92. The first-order valence-corrected chi connectivity index (χ1v) is 4.41. The molecule has 3 heteroatoms. The first kappa shape index (κ1) is 10.7. The lowest BCUT2D eigenvalue weighted by molar-refractivity contribution is -0.118.